The van der Waals surface area contributed by atoms with Crippen molar-refractivity contribution in [1.82, 2.24) is 5.32 Å². The van der Waals surface area contributed by atoms with Gasteiger partial charge in [-0.05, 0) is 51.4 Å². The average Bonchev–Trinajstić information content (AvgIpc) is 2.36. The molecule has 4 nitrogen and oxygen atoms in total. The molecule has 0 spiro atoms. The number of aryl methyl sites for hydroxylation is 1. The van der Waals surface area contributed by atoms with Gasteiger partial charge in [0.15, 0.2) is 0 Å². The van der Waals surface area contributed by atoms with Crippen molar-refractivity contribution >= 4 is 5.91 Å². The van der Waals surface area contributed by atoms with E-state index in [1.807, 2.05) is 45.0 Å². The van der Waals surface area contributed by atoms with Gasteiger partial charge in [-0.1, -0.05) is 19.1 Å². The van der Waals surface area contributed by atoms with Crippen molar-refractivity contribution in [3.05, 3.63) is 29.8 Å². The van der Waals surface area contributed by atoms with Crippen LogP contribution in [0, 0.1) is 6.92 Å². The molecule has 0 aliphatic rings. The summed E-state index contributed by atoms with van der Waals surface area (Å²) in [5, 5.41) is 3.22. The fraction of sp³-hybridized carbons (Fsp3) is 0.562. The quantitative estimate of drug-likeness (QED) is 0.767. The lowest BCUT2D eigenvalue weighted by atomic mass is 9.93. The van der Waals surface area contributed by atoms with Crippen molar-refractivity contribution in [2.24, 2.45) is 5.73 Å². The van der Waals surface area contributed by atoms with Crippen LogP contribution in [-0.2, 0) is 4.79 Å². The third-order valence-corrected chi connectivity index (χ3v) is 3.33. The Kier molecular flexibility index (Phi) is 6.02. The van der Waals surface area contributed by atoms with Gasteiger partial charge < -0.3 is 15.8 Å². The smallest absolute Gasteiger partial charge is 0.237 e. The van der Waals surface area contributed by atoms with E-state index in [4.69, 9.17) is 10.5 Å². The number of amides is 1. The first-order valence-electron chi connectivity index (χ1n) is 7.15. The van der Waals surface area contributed by atoms with Crippen LogP contribution < -0.4 is 15.8 Å². The number of nitrogens with two attached hydrogens (primary N) is 1. The van der Waals surface area contributed by atoms with Crippen molar-refractivity contribution in [2.75, 3.05) is 6.54 Å². The Labute approximate surface area is 121 Å². The molecule has 0 bridgehead atoms. The highest BCUT2D eigenvalue weighted by Gasteiger charge is 2.32. The maximum Gasteiger partial charge on any atom is 0.237 e. The lowest BCUT2D eigenvalue weighted by molar-refractivity contribution is -0.124. The van der Waals surface area contributed by atoms with Crippen LogP contribution in [0.25, 0.3) is 0 Å². The van der Waals surface area contributed by atoms with Crippen LogP contribution in [0.5, 0.6) is 5.75 Å². The molecule has 0 heterocycles. The molecule has 0 aromatic heterocycles. The van der Waals surface area contributed by atoms with E-state index in [2.05, 4.69) is 12.2 Å². The number of carbonyl (C=O) groups is 1. The summed E-state index contributed by atoms with van der Waals surface area (Å²) in [7, 11) is 0. The van der Waals surface area contributed by atoms with E-state index >= 15 is 0 Å². The van der Waals surface area contributed by atoms with Crippen molar-refractivity contribution in [3.8, 4) is 5.75 Å². The van der Waals surface area contributed by atoms with Crippen LogP contribution >= 0.6 is 0 Å². The maximum atomic E-state index is 11.7. The molecule has 0 saturated carbocycles. The number of ether oxygens (including phenoxy) is 1. The summed E-state index contributed by atoms with van der Waals surface area (Å²) in [6, 6.07) is 7.88. The van der Waals surface area contributed by atoms with Crippen LogP contribution in [0.2, 0.25) is 0 Å². The topological polar surface area (TPSA) is 64.3 Å². The van der Waals surface area contributed by atoms with E-state index < -0.39 is 5.54 Å². The predicted molar refractivity (Wildman–Crippen MR) is 81.8 cm³/mol. The molecule has 112 valence electrons. The van der Waals surface area contributed by atoms with Gasteiger partial charge in [0.25, 0.3) is 0 Å². The van der Waals surface area contributed by atoms with E-state index in [1.54, 1.807) is 0 Å². The number of hydrogen-bond acceptors (Lipinski definition) is 3. The Bertz CT molecular complexity index is 448. The molecule has 0 saturated heterocycles. The normalized spacial score (nSPS) is 15.4. The SMILES string of the molecule is CCCNC(C)(CC(C)Oc1cccc(C)c1)C(N)=O. The minimum absolute atomic E-state index is 0.0985. The first kappa shape index (κ1) is 16.5. The lowest BCUT2D eigenvalue weighted by Crippen LogP contribution is -2.55. The van der Waals surface area contributed by atoms with Gasteiger partial charge in [0.05, 0.1) is 11.6 Å². The lowest BCUT2D eigenvalue weighted by Gasteiger charge is -2.30. The summed E-state index contributed by atoms with van der Waals surface area (Å²) in [5.74, 6) is 0.477. The molecule has 1 aromatic carbocycles. The summed E-state index contributed by atoms with van der Waals surface area (Å²) in [6.45, 7) is 8.63. The molecule has 1 aromatic rings. The fourth-order valence-corrected chi connectivity index (χ4v) is 2.20. The number of hydrogen-bond donors (Lipinski definition) is 2. The zero-order valence-electron chi connectivity index (χ0n) is 12.9. The summed E-state index contributed by atoms with van der Waals surface area (Å²) in [4.78, 5) is 11.7. The van der Waals surface area contributed by atoms with E-state index in [9.17, 15) is 4.79 Å². The van der Waals surface area contributed by atoms with Gasteiger partial charge in [0.1, 0.15) is 5.75 Å². The Morgan fingerprint density at radius 1 is 1.50 bits per heavy atom. The van der Waals surface area contributed by atoms with Crippen molar-refractivity contribution < 1.29 is 9.53 Å². The third kappa shape index (κ3) is 4.85. The van der Waals surface area contributed by atoms with Gasteiger partial charge in [0, 0.05) is 6.42 Å². The zero-order valence-corrected chi connectivity index (χ0v) is 12.9. The van der Waals surface area contributed by atoms with Gasteiger partial charge in [-0.3, -0.25) is 4.79 Å². The molecule has 0 fully saturated rings. The molecule has 0 radical (unpaired) electrons. The summed E-state index contributed by atoms with van der Waals surface area (Å²) >= 11 is 0. The van der Waals surface area contributed by atoms with E-state index in [0.717, 1.165) is 24.3 Å². The van der Waals surface area contributed by atoms with Crippen molar-refractivity contribution in [3.63, 3.8) is 0 Å². The van der Waals surface area contributed by atoms with Gasteiger partial charge in [-0.2, -0.15) is 0 Å². The van der Waals surface area contributed by atoms with Crippen LogP contribution in [0.1, 0.15) is 39.2 Å². The fourth-order valence-electron chi connectivity index (χ4n) is 2.20. The maximum absolute atomic E-state index is 11.7. The predicted octanol–water partition coefficient (Wildman–Crippen LogP) is 2.40. The number of carbonyl (C=O) groups excluding carboxylic acids is 1. The van der Waals surface area contributed by atoms with Gasteiger partial charge in [0.2, 0.25) is 5.91 Å². The Balaban J connectivity index is 2.66. The van der Waals surface area contributed by atoms with Crippen LogP contribution in [0.4, 0.5) is 0 Å². The zero-order chi connectivity index (χ0) is 15.2. The standard InChI is InChI=1S/C16H26N2O2/c1-5-9-18-16(4,15(17)19)11-13(3)20-14-8-6-7-12(2)10-14/h6-8,10,13,18H,5,9,11H2,1-4H3,(H2,17,19). The Hall–Kier alpha value is -1.55. The van der Waals surface area contributed by atoms with Gasteiger partial charge >= 0.3 is 0 Å². The number of primary amides is 1. The third-order valence-electron chi connectivity index (χ3n) is 3.33. The highest BCUT2D eigenvalue weighted by Crippen LogP contribution is 2.19. The van der Waals surface area contributed by atoms with Crippen molar-refractivity contribution in [2.45, 2.75) is 52.2 Å². The minimum Gasteiger partial charge on any atom is -0.491 e. The monoisotopic (exact) mass is 278 g/mol. The Morgan fingerprint density at radius 3 is 2.75 bits per heavy atom. The molecular formula is C16H26N2O2. The molecule has 0 aliphatic carbocycles. The van der Waals surface area contributed by atoms with Gasteiger partial charge in [-0.25, -0.2) is 0 Å². The molecule has 4 heteroatoms. The first-order valence-corrected chi connectivity index (χ1v) is 7.15. The van der Waals surface area contributed by atoms with E-state index in [-0.39, 0.29) is 12.0 Å². The number of nitrogens with one attached hydrogen (secondary N) is 1. The number of rotatable bonds is 8. The average molecular weight is 278 g/mol. The second kappa shape index (κ2) is 7.29. The molecule has 0 aliphatic heterocycles. The summed E-state index contributed by atoms with van der Waals surface area (Å²) in [5.41, 5.74) is 5.93. The highest BCUT2D eigenvalue weighted by molar-refractivity contribution is 5.84. The molecule has 3 N–H and O–H groups in total. The Morgan fingerprint density at radius 2 is 2.20 bits per heavy atom. The van der Waals surface area contributed by atoms with E-state index in [0.29, 0.717) is 6.42 Å². The second-order valence-corrected chi connectivity index (χ2v) is 5.57. The van der Waals surface area contributed by atoms with Gasteiger partial charge in [-0.15, -0.1) is 0 Å². The molecule has 20 heavy (non-hydrogen) atoms. The van der Waals surface area contributed by atoms with Crippen LogP contribution in [-0.4, -0.2) is 24.1 Å². The largest absolute Gasteiger partial charge is 0.491 e. The van der Waals surface area contributed by atoms with Crippen LogP contribution in [0.3, 0.4) is 0 Å². The molecule has 1 amide bonds. The second-order valence-electron chi connectivity index (χ2n) is 5.57. The molecule has 2 atom stereocenters. The van der Waals surface area contributed by atoms with Crippen LogP contribution in [0.15, 0.2) is 24.3 Å². The summed E-state index contributed by atoms with van der Waals surface area (Å²) < 4.78 is 5.87. The van der Waals surface area contributed by atoms with Crippen molar-refractivity contribution in [1.29, 1.82) is 0 Å². The minimum atomic E-state index is -0.737. The molecule has 1 rings (SSSR count). The molecular weight excluding hydrogens is 252 g/mol. The number of benzene rings is 1. The molecule has 2 unspecified atom stereocenters. The first-order chi connectivity index (χ1) is 9.37. The highest BCUT2D eigenvalue weighted by atomic mass is 16.5. The van der Waals surface area contributed by atoms with E-state index in [1.165, 1.54) is 0 Å². The summed E-state index contributed by atoms with van der Waals surface area (Å²) in [6.07, 6.45) is 1.39.